The molecule has 2 aromatic heterocycles. The minimum atomic E-state index is -0.215. The first kappa shape index (κ1) is 12.7. The highest BCUT2D eigenvalue weighted by molar-refractivity contribution is 7.13. The van der Waals surface area contributed by atoms with E-state index < -0.39 is 0 Å². The quantitative estimate of drug-likeness (QED) is 0.802. The third-order valence-corrected chi connectivity index (χ3v) is 3.61. The molecule has 0 bridgehead atoms. The predicted molar refractivity (Wildman–Crippen MR) is 79.2 cm³/mol. The molecule has 2 heterocycles. The minimum Gasteiger partial charge on any atom is -0.483 e. The molecule has 0 fully saturated rings. The fourth-order valence-electron chi connectivity index (χ4n) is 1.98. The van der Waals surface area contributed by atoms with Crippen LogP contribution in [0.25, 0.3) is 10.9 Å². The van der Waals surface area contributed by atoms with Gasteiger partial charge in [0.15, 0.2) is 11.7 Å². The second kappa shape index (κ2) is 5.34. The Balaban J connectivity index is 1.69. The van der Waals surface area contributed by atoms with E-state index in [4.69, 9.17) is 4.74 Å². The van der Waals surface area contributed by atoms with E-state index in [9.17, 15) is 4.79 Å². The average molecular weight is 287 g/mol. The Morgan fingerprint density at radius 3 is 3.15 bits per heavy atom. The number of fused-ring (bicyclic) bond motifs is 1. The number of anilines is 1. The van der Waals surface area contributed by atoms with Crippen molar-refractivity contribution in [1.82, 2.24) is 9.55 Å². The highest BCUT2D eigenvalue weighted by Crippen LogP contribution is 2.25. The van der Waals surface area contributed by atoms with Gasteiger partial charge in [0.2, 0.25) is 0 Å². The molecule has 0 aliphatic carbocycles. The highest BCUT2D eigenvalue weighted by atomic mass is 32.1. The van der Waals surface area contributed by atoms with Gasteiger partial charge in [-0.05, 0) is 18.2 Å². The molecule has 1 aromatic carbocycles. The van der Waals surface area contributed by atoms with Crippen LogP contribution in [0.2, 0.25) is 0 Å². The van der Waals surface area contributed by atoms with Gasteiger partial charge in [-0.2, -0.15) is 0 Å². The molecule has 5 nitrogen and oxygen atoms in total. The van der Waals surface area contributed by atoms with Gasteiger partial charge >= 0.3 is 0 Å². The topological polar surface area (TPSA) is 56.1 Å². The number of rotatable bonds is 4. The maximum Gasteiger partial charge on any atom is 0.264 e. The number of nitrogens with one attached hydrogen (secondary N) is 1. The van der Waals surface area contributed by atoms with Crippen molar-refractivity contribution < 1.29 is 9.53 Å². The lowest BCUT2D eigenvalue weighted by Crippen LogP contribution is -2.20. The van der Waals surface area contributed by atoms with E-state index >= 15 is 0 Å². The van der Waals surface area contributed by atoms with Crippen molar-refractivity contribution in [3.05, 3.63) is 42.0 Å². The van der Waals surface area contributed by atoms with Gasteiger partial charge in [-0.25, -0.2) is 4.98 Å². The van der Waals surface area contributed by atoms with Crippen LogP contribution in [0.5, 0.6) is 5.75 Å². The second-order valence-corrected chi connectivity index (χ2v) is 5.18. The van der Waals surface area contributed by atoms with Crippen molar-refractivity contribution in [3.8, 4) is 5.75 Å². The number of nitrogens with zero attached hydrogens (tertiary/aromatic N) is 2. The van der Waals surface area contributed by atoms with Gasteiger partial charge in [0, 0.05) is 30.2 Å². The Hall–Kier alpha value is -2.34. The monoisotopic (exact) mass is 287 g/mol. The van der Waals surface area contributed by atoms with Gasteiger partial charge in [0.25, 0.3) is 5.91 Å². The zero-order valence-corrected chi connectivity index (χ0v) is 11.7. The summed E-state index contributed by atoms with van der Waals surface area (Å²) in [5, 5.41) is 6.07. The molecule has 1 amide bonds. The fourth-order valence-corrected chi connectivity index (χ4v) is 2.53. The molecule has 0 saturated heterocycles. The van der Waals surface area contributed by atoms with E-state index in [2.05, 4.69) is 10.3 Å². The normalized spacial score (nSPS) is 10.7. The van der Waals surface area contributed by atoms with Crippen LogP contribution in [0.15, 0.2) is 42.0 Å². The standard InChI is InChI=1S/C14H13N3O2S/c1-17-7-5-10-11(17)3-2-4-12(10)19-9-13(18)16-14-15-6-8-20-14/h2-8H,9H2,1H3,(H,15,16,18). The lowest BCUT2D eigenvalue weighted by molar-refractivity contribution is -0.118. The van der Waals surface area contributed by atoms with E-state index in [1.54, 1.807) is 11.6 Å². The number of hydrogen-bond acceptors (Lipinski definition) is 4. The Labute approximate surface area is 119 Å². The second-order valence-electron chi connectivity index (χ2n) is 4.29. The van der Waals surface area contributed by atoms with Gasteiger partial charge in [-0.15, -0.1) is 11.3 Å². The molecule has 102 valence electrons. The number of carbonyl (C=O) groups is 1. The molecular formula is C14H13N3O2S. The highest BCUT2D eigenvalue weighted by Gasteiger charge is 2.08. The molecule has 0 spiro atoms. The zero-order chi connectivity index (χ0) is 13.9. The van der Waals surface area contributed by atoms with Crippen LogP contribution in [-0.4, -0.2) is 22.1 Å². The summed E-state index contributed by atoms with van der Waals surface area (Å²) in [7, 11) is 1.97. The number of thiazole rings is 1. The molecule has 0 atom stereocenters. The van der Waals surface area contributed by atoms with Crippen LogP contribution in [0.4, 0.5) is 5.13 Å². The lowest BCUT2D eigenvalue weighted by atomic mass is 10.2. The molecule has 0 radical (unpaired) electrons. The van der Waals surface area contributed by atoms with Crippen molar-refractivity contribution in [2.24, 2.45) is 7.05 Å². The van der Waals surface area contributed by atoms with Crippen molar-refractivity contribution in [2.75, 3.05) is 11.9 Å². The summed E-state index contributed by atoms with van der Waals surface area (Å²) in [5.74, 6) is 0.491. The zero-order valence-electron chi connectivity index (χ0n) is 10.9. The van der Waals surface area contributed by atoms with Crippen LogP contribution in [-0.2, 0) is 11.8 Å². The van der Waals surface area contributed by atoms with E-state index in [1.165, 1.54) is 11.3 Å². The number of hydrogen-bond donors (Lipinski definition) is 1. The van der Waals surface area contributed by atoms with Gasteiger partial charge in [0.05, 0.1) is 5.52 Å². The minimum absolute atomic E-state index is 0.0341. The van der Waals surface area contributed by atoms with Crippen LogP contribution in [0.1, 0.15) is 0 Å². The van der Waals surface area contributed by atoms with Crippen LogP contribution >= 0.6 is 11.3 Å². The number of aromatic nitrogens is 2. The molecule has 0 aliphatic rings. The summed E-state index contributed by atoms with van der Waals surface area (Å²) < 4.78 is 7.61. The van der Waals surface area contributed by atoms with Gasteiger partial charge < -0.3 is 9.30 Å². The van der Waals surface area contributed by atoms with E-state index in [-0.39, 0.29) is 12.5 Å². The first-order valence-corrected chi connectivity index (χ1v) is 6.98. The molecule has 1 N–H and O–H groups in total. The van der Waals surface area contributed by atoms with E-state index in [1.807, 2.05) is 42.1 Å². The molecule has 0 aliphatic heterocycles. The predicted octanol–water partition coefficient (Wildman–Crippen LogP) is 2.65. The van der Waals surface area contributed by atoms with Crippen LogP contribution in [0, 0.1) is 0 Å². The molecule has 0 unspecified atom stereocenters. The van der Waals surface area contributed by atoms with E-state index in [0.29, 0.717) is 10.9 Å². The number of aryl methyl sites for hydroxylation is 1. The summed E-state index contributed by atoms with van der Waals surface area (Å²) in [4.78, 5) is 15.7. The first-order chi connectivity index (χ1) is 9.74. The number of amides is 1. The maximum absolute atomic E-state index is 11.8. The third-order valence-electron chi connectivity index (χ3n) is 2.93. The molecule has 3 rings (SSSR count). The number of ether oxygens (including phenoxy) is 1. The summed E-state index contributed by atoms with van der Waals surface area (Å²) in [6, 6.07) is 7.76. The first-order valence-electron chi connectivity index (χ1n) is 6.10. The maximum atomic E-state index is 11.8. The van der Waals surface area contributed by atoms with Crippen LogP contribution < -0.4 is 10.1 Å². The molecule has 3 aromatic rings. The van der Waals surface area contributed by atoms with E-state index in [0.717, 1.165) is 10.9 Å². The third kappa shape index (κ3) is 2.50. The summed E-state index contributed by atoms with van der Waals surface area (Å²) in [5.41, 5.74) is 1.07. The molecule has 0 saturated carbocycles. The van der Waals surface area contributed by atoms with Gasteiger partial charge in [-0.1, -0.05) is 6.07 Å². The summed E-state index contributed by atoms with van der Waals surface area (Å²) >= 11 is 1.38. The number of carbonyl (C=O) groups excluding carboxylic acids is 1. The lowest BCUT2D eigenvalue weighted by Gasteiger charge is -2.07. The Morgan fingerprint density at radius 2 is 2.35 bits per heavy atom. The SMILES string of the molecule is Cn1ccc2c(OCC(=O)Nc3nccs3)cccc21. The van der Waals surface area contributed by atoms with Gasteiger partial charge in [-0.3, -0.25) is 10.1 Å². The summed E-state index contributed by atoms with van der Waals surface area (Å²) in [6.45, 7) is -0.0341. The molecule has 6 heteroatoms. The smallest absolute Gasteiger partial charge is 0.264 e. The molecular weight excluding hydrogens is 274 g/mol. The van der Waals surface area contributed by atoms with Crippen molar-refractivity contribution in [3.63, 3.8) is 0 Å². The Morgan fingerprint density at radius 1 is 1.45 bits per heavy atom. The fraction of sp³-hybridized carbons (Fsp3) is 0.143. The van der Waals surface area contributed by atoms with Crippen molar-refractivity contribution in [1.29, 1.82) is 0 Å². The number of benzene rings is 1. The Kier molecular flexibility index (Phi) is 3.39. The van der Waals surface area contributed by atoms with Crippen molar-refractivity contribution >= 4 is 33.3 Å². The van der Waals surface area contributed by atoms with Gasteiger partial charge in [0.1, 0.15) is 5.75 Å². The average Bonchev–Trinajstić information content (AvgIpc) is 3.07. The van der Waals surface area contributed by atoms with Crippen molar-refractivity contribution in [2.45, 2.75) is 0 Å². The molecule has 20 heavy (non-hydrogen) atoms. The largest absolute Gasteiger partial charge is 0.483 e. The Bertz CT molecular complexity index is 734. The van der Waals surface area contributed by atoms with Crippen LogP contribution in [0.3, 0.4) is 0 Å². The summed E-state index contributed by atoms with van der Waals surface area (Å²) in [6.07, 6.45) is 3.61.